The van der Waals surface area contributed by atoms with Crippen LogP contribution in [0, 0.1) is 0 Å². The molecule has 106 valence electrons. The number of aliphatic hydroxyl groups is 1. The maximum Gasteiger partial charge on any atom is 0.333 e. The van der Waals surface area contributed by atoms with Gasteiger partial charge in [0.25, 0.3) is 0 Å². The predicted octanol–water partition coefficient (Wildman–Crippen LogP) is 0.155. The zero-order valence-electron chi connectivity index (χ0n) is 10.5. The monoisotopic (exact) mass is 287 g/mol. The Morgan fingerprint density at radius 1 is 1.32 bits per heavy atom. The van der Waals surface area contributed by atoms with E-state index in [4.69, 9.17) is 10.2 Å². The third-order valence-corrected chi connectivity index (χ3v) is 4.17. The molecule has 2 unspecified atom stereocenters. The molecule has 19 heavy (non-hydrogen) atoms. The van der Waals surface area contributed by atoms with Gasteiger partial charge < -0.3 is 10.2 Å². The number of hydrogen-bond donors (Lipinski definition) is 3. The summed E-state index contributed by atoms with van der Waals surface area (Å²) < 4.78 is 25.5. The number of benzene rings is 1. The largest absolute Gasteiger partial charge is 0.479 e. The molecule has 0 amide bonds. The summed E-state index contributed by atoms with van der Waals surface area (Å²) in [4.78, 5) is 10.4. The topological polar surface area (TPSA) is 104 Å². The van der Waals surface area contributed by atoms with Crippen molar-refractivity contribution in [1.29, 1.82) is 0 Å². The molecular formula is C12H17NO5S. The van der Waals surface area contributed by atoms with Crippen molar-refractivity contribution in [2.45, 2.75) is 18.9 Å². The number of hydrogen-bond acceptors (Lipinski definition) is 4. The first-order valence-corrected chi connectivity index (χ1v) is 7.40. The van der Waals surface area contributed by atoms with Crippen molar-refractivity contribution in [1.82, 2.24) is 4.72 Å². The molecule has 1 aromatic rings. The van der Waals surface area contributed by atoms with Gasteiger partial charge in [0.1, 0.15) is 0 Å². The van der Waals surface area contributed by atoms with Crippen LogP contribution in [0.5, 0.6) is 0 Å². The number of carboxylic acid groups (broad SMARTS) is 1. The van der Waals surface area contributed by atoms with Gasteiger partial charge in [-0.3, -0.25) is 0 Å². The Morgan fingerprint density at radius 2 is 1.89 bits per heavy atom. The molecular weight excluding hydrogens is 270 g/mol. The second-order valence-corrected chi connectivity index (χ2v) is 6.15. The van der Waals surface area contributed by atoms with Gasteiger partial charge in [0, 0.05) is 6.54 Å². The zero-order valence-corrected chi connectivity index (χ0v) is 11.3. The summed E-state index contributed by atoms with van der Waals surface area (Å²) in [6, 6.07) is 9.13. The second kappa shape index (κ2) is 6.65. The lowest BCUT2D eigenvalue weighted by Gasteiger charge is -2.14. The van der Waals surface area contributed by atoms with Crippen LogP contribution in [0.4, 0.5) is 0 Å². The van der Waals surface area contributed by atoms with Crippen molar-refractivity contribution in [3.05, 3.63) is 35.9 Å². The summed E-state index contributed by atoms with van der Waals surface area (Å²) >= 11 is 0. The van der Waals surface area contributed by atoms with Crippen molar-refractivity contribution in [2.75, 3.05) is 12.3 Å². The SMILES string of the molecule is CC(CS(=O)(=O)NCC(O)C(=O)O)c1ccccc1. The molecule has 1 aromatic carbocycles. The van der Waals surface area contributed by atoms with Gasteiger partial charge in [-0.1, -0.05) is 37.3 Å². The molecule has 1 rings (SSSR count). The number of rotatable bonds is 7. The van der Waals surface area contributed by atoms with Crippen molar-refractivity contribution in [3.63, 3.8) is 0 Å². The first-order valence-electron chi connectivity index (χ1n) is 5.75. The van der Waals surface area contributed by atoms with Gasteiger partial charge in [-0.25, -0.2) is 17.9 Å². The predicted molar refractivity (Wildman–Crippen MR) is 70.3 cm³/mol. The number of aliphatic hydroxyl groups excluding tert-OH is 1. The Labute approximate surface area is 112 Å². The highest BCUT2D eigenvalue weighted by molar-refractivity contribution is 7.89. The van der Waals surface area contributed by atoms with Crippen LogP contribution in [0.1, 0.15) is 18.4 Å². The maximum absolute atomic E-state index is 11.7. The molecule has 0 aliphatic rings. The lowest BCUT2D eigenvalue weighted by Crippen LogP contribution is -2.38. The number of carboxylic acids is 1. The summed E-state index contributed by atoms with van der Waals surface area (Å²) in [7, 11) is -3.63. The van der Waals surface area contributed by atoms with E-state index in [-0.39, 0.29) is 11.7 Å². The summed E-state index contributed by atoms with van der Waals surface area (Å²) in [6.45, 7) is 1.24. The van der Waals surface area contributed by atoms with Gasteiger partial charge in [0.15, 0.2) is 6.10 Å². The Morgan fingerprint density at radius 3 is 2.42 bits per heavy atom. The summed E-state index contributed by atoms with van der Waals surface area (Å²) in [5.41, 5.74) is 0.881. The fraction of sp³-hybridized carbons (Fsp3) is 0.417. The summed E-state index contributed by atoms with van der Waals surface area (Å²) in [6.07, 6.45) is -1.73. The van der Waals surface area contributed by atoms with E-state index in [1.54, 1.807) is 6.92 Å². The van der Waals surface area contributed by atoms with E-state index in [9.17, 15) is 13.2 Å². The molecule has 0 aromatic heterocycles. The van der Waals surface area contributed by atoms with E-state index in [0.717, 1.165) is 5.56 Å². The minimum Gasteiger partial charge on any atom is -0.479 e. The van der Waals surface area contributed by atoms with Crippen LogP contribution in [-0.4, -0.2) is 43.0 Å². The fourth-order valence-corrected chi connectivity index (χ4v) is 2.94. The van der Waals surface area contributed by atoms with Gasteiger partial charge in [0.05, 0.1) is 5.75 Å². The first kappa shape index (κ1) is 15.6. The number of aliphatic carboxylic acids is 1. The summed E-state index contributed by atoms with van der Waals surface area (Å²) in [5, 5.41) is 17.5. The van der Waals surface area contributed by atoms with E-state index in [1.165, 1.54) is 0 Å². The Kier molecular flexibility index (Phi) is 5.46. The van der Waals surface area contributed by atoms with E-state index >= 15 is 0 Å². The van der Waals surface area contributed by atoms with Gasteiger partial charge in [-0.2, -0.15) is 0 Å². The van der Waals surface area contributed by atoms with E-state index in [1.807, 2.05) is 30.3 Å². The molecule has 0 fully saturated rings. The molecule has 2 atom stereocenters. The van der Waals surface area contributed by atoms with E-state index in [2.05, 4.69) is 4.72 Å². The van der Waals surface area contributed by atoms with Crippen LogP contribution in [-0.2, 0) is 14.8 Å². The smallest absolute Gasteiger partial charge is 0.333 e. The molecule has 7 heteroatoms. The molecule has 0 aliphatic carbocycles. The van der Waals surface area contributed by atoms with Crippen LogP contribution in [0.2, 0.25) is 0 Å². The minimum atomic E-state index is -3.63. The van der Waals surface area contributed by atoms with E-state index in [0.29, 0.717) is 0 Å². The highest BCUT2D eigenvalue weighted by atomic mass is 32.2. The van der Waals surface area contributed by atoms with Crippen LogP contribution in [0.3, 0.4) is 0 Å². The highest BCUT2D eigenvalue weighted by Crippen LogP contribution is 2.16. The molecule has 3 N–H and O–H groups in total. The molecule has 6 nitrogen and oxygen atoms in total. The molecule has 0 heterocycles. The van der Waals surface area contributed by atoms with Crippen molar-refractivity contribution >= 4 is 16.0 Å². The Balaban J connectivity index is 2.58. The molecule has 0 bridgehead atoms. The van der Waals surface area contributed by atoms with Gasteiger partial charge in [-0.15, -0.1) is 0 Å². The maximum atomic E-state index is 11.7. The minimum absolute atomic E-state index is 0.163. The normalized spacial score (nSPS) is 14.8. The van der Waals surface area contributed by atoms with Gasteiger partial charge in [-0.05, 0) is 11.5 Å². The standard InChI is InChI=1S/C12H17NO5S/c1-9(10-5-3-2-4-6-10)8-19(17,18)13-7-11(14)12(15)16/h2-6,9,11,13-14H,7-8H2,1H3,(H,15,16). The van der Waals surface area contributed by atoms with Crippen LogP contribution in [0.15, 0.2) is 30.3 Å². The van der Waals surface area contributed by atoms with Crippen LogP contribution >= 0.6 is 0 Å². The fourth-order valence-electron chi connectivity index (χ4n) is 1.56. The second-order valence-electron chi connectivity index (χ2n) is 4.30. The highest BCUT2D eigenvalue weighted by Gasteiger charge is 2.20. The first-order chi connectivity index (χ1) is 8.82. The lowest BCUT2D eigenvalue weighted by molar-refractivity contribution is -0.146. The quantitative estimate of drug-likeness (QED) is 0.662. The molecule has 0 saturated carbocycles. The number of carbonyl (C=O) groups is 1. The van der Waals surface area contributed by atoms with E-state index < -0.39 is 28.6 Å². The molecule has 0 aliphatic heterocycles. The third-order valence-electron chi connectivity index (χ3n) is 2.62. The molecule has 0 radical (unpaired) electrons. The average Bonchev–Trinajstić information content (AvgIpc) is 2.36. The van der Waals surface area contributed by atoms with Gasteiger partial charge in [0.2, 0.25) is 10.0 Å². The van der Waals surface area contributed by atoms with Crippen LogP contribution in [0.25, 0.3) is 0 Å². The molecule has 0 saturated heterocycles. The third kappa shape index (κ3) is 5.37. The number of sulfonamides is 1. The Hall–Kier alpha value is -1.44. The van der Waals surface area contributed by atoms with Gasteiger partial charge >= 0.3 is 5.97 Å². The van der Waals surface area contributed by atoms with Crippen LogP contribution < -0.4 is 4.72 Å². The summed E-state index contributed by atoms with van der Waals surface area (Å²) in [5.74, 6) is -1.84. The molecule has 0 spiro atoms. The Bertz CT molecular complexity index is 514. The lowest BCUT2D eigenvalue weighted by atomic mass is 10.0. The average molecular weight is 287 g/mol. The van der Waals surface area contributed by atoms with Crippen molar-refractivity contribution in [3.8, 4) is 0 Å². The van der Waals surface area contributed by atoms with Crippen molar-refractivity contribution < 1.29 is 23.4 Å². The van der Waals surface area contributed by atoms with Crippen molar-refractivity contribution in [2.24, 2.45) is 0 Å². The number of nitrogens with one attached hydrogen (secondary N) is 1. The zero-order chi connectivity index (χ0) is 14.5.